The van der Waals surface area contributed by atoms with Crippen molar-refractivity contribution >= 4 is 11.8 Å². The topological polar surface area (TPSA) is 71.3 Å². The van der Waals surface area contributed by atoms with E-state index in [2.05, 4.69) is 28.8 Å². The Kier molecular flexibility index (Phi) is 8.97. The summed E-state index contributed by atoms with van der Waals surface area (Å²) < 4.78 is 16.7. The van der Waals surface area contributed by atoms with Crippen LogP contribution in [0.2, 0.25) is 0 Å². The number of hydrogen-bond acceptors (Lipinski definition) is 7. The number of hydrogen-bond donors (Lipinski definition) is 0. The van der Waals surface area contributed by atoms with Gasteiger partial charge >= 0.3 is 0 Å². The van der Waals surface area contributed by atoms with Gasteiger partial charge in [-0.05, 0) is 38.1 Å². The van der Waals surface area contributed by atoms with E-state index in [1.54, 1.807) is 7.11 Å². The standard InChI is InChI=1S/C28H36N4O4/c1-4-31(5-2)28-25(26(29-36-28)22-9-7-6-8-10-22)21-32(16-15-30-17-19-35-20-18-30)27(33)23-11-13-24(34-3)14-12-23/h6-14H,4-5,15-21H2,1-3H3. The lowest BCUT2D eigenvalue weighted by molar-refractivity contribution is 0.0320. The second-order valence-corrected chi connectivity index (χ2v) is 8.76. The zero-order valence-corrected chi connectivity index (χ0v) is 21.5. The molecule has 0 unspecified atom stereocenters. The molecule has 1 aliphatic rings. The van der Waals surface area contributed by atoms with Crippen LogP contribution in [0.25, 0.3) is 11.3 Å². The molecule has 4 rings (SSSR count). The summed E-state index contributed by atoms with van der Waals surface area (Å²) in [4.78, 5) is 20.2. The molecule has 1 aromatic heterocycles. The Hall–Kier alpha value is -3.36. The van der Waals surface area contributed by atoms with Crippen molar-refractivity contribution in [3.8, 4) is 17.0 Å². The van der Waals surface area contributed by atoms with Crippen LogP contribution in [0.4, 0.5) is 5.88 Å². The van der Waals surface area contributed by atoms with Crippen LogP contribution in [0.5, 0.6) is 5.75 Å². The molecule has 192 valence electrons. The maximum Gasteiger partial charge on any atom is 0.254 e. The number of ether oxygens (including phenoxy) is 2. The first-order chi connectivity index (χ1) is 17.6. The highest BCUT2D eigenvalue weighted by atomic mass is 16.5. The van der Waals surface area contributed by atoms with E-state index >= 15 is 0 Å². The highest BCUT2D eigenvalue weighted by Crippen LogP contribution is 2.33. The molecular formula is C28H36N4O4. The summed E-state index contributed by atoms with van der Waals surface area (Å²) in [7, 11) is 1.62. The van der Waals surface area contributed by atoms with Crippen LogP contribution in [0, 0.1) is 0 Å². The second-order valence-electron chi connectivity index (χ2n) is 8.76. The molecule has 8 nitrogen and oxygen atoms in total. The Morgan fingerprint density at radius 1 is 1.03 bits per heavy atom. The van der Waals surface area contributed by atoms with E-state index in [0.29, 0.717) is 18.7 Å². The summed E-state index contributed by atoms with van der Waals surface area (Å²) in [5.74, 6) is 1.41. The van der Waals surface area contributed by atoms with Gasteiger partial charge in [0.1, 0.15) is 11.4 Å². The van der Waals surface area contributed by atoms with Crippen molar-refractivity contribution in [3.05, 3.63) is 65.7 Å². The fourth-order valence-electron chi connectivity index (χ4n) is 4.47. The van der Waals surface area contributed by atoms with Gasteiger partial charge in [-0.25, -0.2) is 0 Å². The van der Waals surface area contributed by atoms with Gasteiger partial charge in [-0.1, -0.05) is 35.5 Å². The van der Waals surface area contributed by atoms with Crippen molar-refractivity contribution in [2.24, 2.45) is 0 Å². The molecule has 1 amide bonds. The third kappa shape index (κ3) is 6.06. The van der Waals surface area contributed by atoms with E-state index in [1.165, 1.54) is 0 Å². The first-order valence-corrected chi connectivity index (χ1v) is 12.7. The highest BCUT2D eigenvalue weighted by Gasteiger charge is 2.26. The maximum atomic E-state index is 13.8. The van der Waals surface area contributed by atoms with E-state index in [-0.39, 0.29) is 5.91 Å². The Balaban J connectivity index is 1.67. The molecule has 0 spiro atoms. The zero-order valence-electron chi connectivity index (χ0n) is 21.5. The number of nitrogens with zero attached hydrogens (tertiary/aromatic N) is 4. The average Bonchev–Trinajstić information content (AvgIpc) is 3.35. The van der Waals surface area contributed by atoms with Gasteiger partial charge in [-0.2, -0.15) is 0 Å². The summed E-state index contributed by atoms with van der Waals surface area (Å²) >= 11 is 0. The molecular weight excluding hydrogens is 456 g/mol. The minimum absolute atomic E-state index is 0.0309. The SMILES string of the molecule is CCN(CC)c1onc(-c2ccccc2)c1CN(CCN1CCOCC1)C(=O)c1ccc(OC)cc1. The van der Waals surface area contributed by atoms with E-state index in [9.17, 15) is 4.79 Å². The van der Waals surface area contributed by atoms with Crippen molar-refractivity contribution in [3.63, 3.8) is 0 Å². The van der Waals surface area contributed by atoms with Crippen LogP contribution in [0.15, 0.2) is 59.1 Å². The van der Waals surface area contributed by atoms with E-state index in [1.807, 2.05) is 59.5 Å². The van der Waals surface area contributed by atoms with Gasteiger partial charge in [-0.3, -0.25) is 9.69 Å². The number of morpholine rings is 1. The Morgan fingerprint density at radius 3 is 2.36 bits per heavy atom. The van der Waals surface area contributed by atoms with Crippen molar-refractivity contribution in [1.82, 2.24) is 15.0 Å². The molecule has 8 heteroatoms. The Bertz CT molecular complexity index is 1090. The monoisotopic (exact) mass is 492 g/mol. The summed E-state index contributed by atoms with van der Waals surface area (Å²) in [6.07, 6.45) is 0. The first kappa shape index (κ1) is 25.7. The number of rotatable bonds is 11. The number of aromatic nitrogens is 1. The van der Waals surface area contributed by atoms with Crippen LogP contribution in [-0.4, -0.2) is 80.5 Å². The summed E-state index contributed by atoms with van der Waals surface area (Å²) in [5.41, 5.74) is 3.30. The lowest BCUT2D eigenvalue weighted by Gasteiger charge is -2.30. The van der Waals surface area contributed by atoms with Crippen LogP contribution in [-0.2, 0) is 11.3 Å². The molecule has 0 radical (unpaired) electrons. The van der Waals surface area contributed by atoms with Gasteiger partial charge in [-0.15, -0.1) is 0 Å². The maximum absolute atomic E-state index is 13.8. The summed E-state index contributed by atoms with van der Waals surface area (Å²) in [6, 6.07) is 17.3. The third-order valence-electron chi connectivity index (χ3n) is 6.63. The highest BCUT2D eigenvalue weighted by molar-refractivity contribution is 5.94. The lowest BCUT2D eigenvalue weighted by Crippen LogP contribution is -2.43. The quantitative estimate of drug-likeness (QED) is 0.398. The molecule has 1 saturated heterocycles. The molecule has 2 heterocycles. The molecule has 0 aliphatic carbocycles. The lowest BCUT2D eigenvalue weighted by atomic mass is 10.1. The number of methoxy groups -OCH3 is 1. The first-order valence-electron chi connectivity index (χ1n) is 12.7. The molecule has 1 aliphatic heterocycles. The number of carbonyl (C=O) groups is 1. The fourth-order valence-corrected chi connectivity index (χ4v) is 4.47. The predicted molar refractivity (Wildman–Crippen MR) is 140 cm³/mol. The number of anilines is 1. The number of benzene rings is 2. The summed E-state index contributed by atoms with van der Waals surface area (Å²) in [5, 5.41) is 4.46. The Labute approximate surface area is 213 Å². The summed E-state index contributed by atoms with van der Waals surface area (Å²) in [6.45, 7) is 10.7. The minimum atomic E-state index is -0.0309. The van der Waals surface area contributed by atoms with Gasteiger partial charge < -0.3 is 23.8 Å². The molecule has 2 aromatic carbocycles. The molecule has 3 aromatic rings. The van der Waals surface area contributed by atoms with Crippen LogP contribution in [0.3, 0.4) is 0 Å². The Morgan fingerprint density at radius 2 is 1.72 bits per heavy atom. The predicted octanol–water partition coefficient (Wildman–Crippen LogP) is 4.17. The van der Waals surface area contributed by atoms with Gasteiger partial charge in [0.15, 0.2) is 0 Å². The largest absolute Gasteiger partial charge is 0.497 e. The van der Waals surface area contributed by atoms with Crippen molar-refractivity contribution in [2.75, 3.05) is 64.5 Å². The van der Waals surface area contributed by atoms with Crippen molar-refractivity contribution in [2.45, 2.75) is 20.4 Å². The zero-order chi connectivity index (χ0) is 25.3. The second kappa shape index (κ2) is 12.6. The van der Waals surface area contributed by atoms with E-state index < -0.39 is 0 Å². The molecule has 1 fully saturated rings. The van der Waals surface area contributed by atoms with Crippen LogP contribution in [0.1, 0.15) is 29.8 Å². The fraction of sp³-hybridized carbons (Fsp3) is 0.429. The smallest absolute Gasteiger partial charge is 0.254 e. The van der Waals surface area contributed by atoms with Gasteiger partial charge in [0.25, 0.3) is 5.91 Å². The molecule has 0 N–H and O–H groups in total. The van der Waals surface area contributed by atoms with Gasteiger partial charge in [0.2, 0.25) is 5.88 Å². The van der Waals surface area contributed by atoms with E-state index in [0.717, 1.165) is 74.4 Å². The number of carbonyl (C=O) groups excluding carboxylic acids is 1. The number of amides is 1. The molecule has 36 heavy (non-hydrogen) atoms. The van der Waals surface area contributed by atoms with Crippen molar-refractivity contribution < 1.29 is 18.8 Å². The third-order valence-corrected chi connectivity index (χ3v) is 6.63. The minimum Gasteiger partial charge on any atom is -0.497 e. The molecule has 0 atom stereocenters. The molecule has 0 bridgehead atoms. The average molecular weight is 493 g/mol. The normalized spacial score (nSPS) is 14.0. The van der Waals surface area contributed by atoms with E-state index in [4.69, 9.17) is 14.0 Å². The molecule has 0 saturated carbocycles. The van der Waals surface area contributed by atoms with Crippen molar-refractivity contribution in [1.29, 1.82) is 0 Å². The van der Waals surface area contributed by atoms with Gasteiger partial charge in [0.05, 0.1) is 32.4 Å². The van der Waals surface area contributed by atoms with Crippen LogP contribution < -0.4 is 9.64 Å². The van der Waals surface area contributed by atoms with Gasteiger partial charge in [0, 0.05) is 50.4 Å². The van der Waals surface area contributed by atoms with Crippen LogP contribution >= 0.6 is 0 Å².